The molecule has 0 radical (unpaired) electrons. The fourth-order valence-electron chi connectivity index (χ4n) is 2.54. The molecule has 0 atom stereocenters. The summed E-state index contributed by atoms with van der Waals surface area (Å²) in [6.45, 7) is 0. The van der Waals surface area contributed by atoms with Crippen LogP contribution in [0.3, 0.4) is 0 Å². The highest BCUT2D eigenvalue weighted by atomic mass is 35.5. The Morgan fingerprint density at radius 2 is 1.93 bits per heavy atom. The second kappa shape index (κ2) is 7.77. The zero-order chi connectivity index (χ0) is 18.6. The van der Waals surface area contributed by atoms with Crippen LogP contribution in [0.15, 0.2) is 70.4 Å². The minimum Gasteiger partial charge on any atom is -0.411 e. The number of hydrogen-bond acceptors (Lipinski definition) is 6. The molecule has 2 aromatic carbocycles. The smallest absolute Gasteiger partial charge is 0.277 e. The van der Waals surface area contributed by atoms with Crippen molar-refractivity contribution in [2.75, 3.05) is 11.1 Å². The van der Waals surface area contributed by atoms with E-state index in [0.717, 1.165) is 16.3 Å². The summed E-state index contributed by atoms with van der Waals surface area (Å²) < 4.78 is 5.72. The average Bonchev–Trinajstić information content (AvgIpc) is 3.17. The summed E-state index contributed by atoms with van der Waals surface area (Å²) in [5.41, 5.74) is 0.863. The molecule has 8 heteroatoms. The molecule has 27 heavy (non-hydrogen) atoms. The summed E-state index contributed by atoms with van der Waals surface area (Å²) >= 11 is 6.94. The number of nitrogens with zero attached hydrogens (tertiary/aromatic N) is 3. The first-order chi connectivity index (χ1) is 13.2. The zero-order valence-corrected chi connectivity index (χ0v) is 15.5. The van der Waals surface area contributed by atoms with E-state index in [1.165, 1.54) is 18.0 Å². The SMILES string of the molecule is O=C(CSc1nnc(-c2cccc3ccccc23)o1)Nc1ccc(Cl)cn1. The van der Waals surface area contributed by atoms with Crippen LogP contribution in [0.4, 0.5) is 5.82 Å². The number of aromatic nitrogens is 3. The third-order valence-electron chi connectivity index (χ3n) is 3.75. The number of amides is 1. The number of fused-ring (bicyclic) bond motifs is 1. The van der Waals surface area contributed by atoms with Gasteiger partial charge in [-0.15, -0.1) is 10.2 Å². The first-order valence-electron chi connectivity index (χ1n) is 8.05. The minimum absolute atomic E-state index is 0.126. The summed E-state index contributed by atoms with van der Waals surface area (Å²) in [5.74, 6) is 0.766. The fraction of sp³-hybridized carbons (Fsp3) is 0.0526. The summed E-state index contributed by atoms with van der Waals surface area (Å²) in [4.78, 5) is 16.0. The van der Waals surface area contributed by atoms with Crippen molar-refractivity contribution in [1.82, 2.24) is 15.2 Å². The number of carbonyl (C=O) groups excluding carboxylic acids is 1. The van der Waals surface area contributed by atoms with Crippen molar-refractivity contribution in [3.8, 4) is 11.5 Å². The van der Waals surface area contributed by atoms with Crippen LogP contribution in [0.25, 0.3) is 22.2 Å². The largest absolute Gasteiger partial charge is 0.411 e. The van der Waals surface area contributed by atoms with Crippen LogP contribution < -0.4 is 5.32 Å². The van der Waals surface area contributed by atoms with Gasteiger partial charge in [-0.3, -0.25) is 4.79 Å². The second-order valence-electron chi connectivity index (χ2n) is 5.60. The number of anilines is 1. The maximum atomic E-state index is 12.0. The van der Waals surface area contributed by atoms with Gasteiger partial charge in [-0.2, -0.15) is 0 Å². The van der Waals surface area contributed by atoms with Crippen molar-refractivity contribution >= 4 is 45.9 Å². The summed E-state index contributed by atoms with van der Waals surface area (Å²) in [6, 6.07) is 17.2. The van der Waals surface area contributed by atoms with Crippen LogP contribution in [0.2, 0.25) is 5.02 Å². The third kappa shape index (κ3) is 4.10. The maximum Gasteiger partial charge on any atom is 0.277 e. The molecule has 0 aliphatic rings. The zero-order valence-electron chi connectivity index (χ0n) is 13.9. The first kappa shape index (κ1) is 17.5. The standard InChI is InChI=1S/C19H13ClN4O2S/c20-13-8-9-16(21-10-13)22-17(25)11-27-19-24-23-18(26-19)15-7-3-5-12-4-1-2-6-14(12)15/h1-10H,11H2,(H,21,22,25). The summed E-state index contributed by atoms with van der Waals surface area (Å²) in [5, 5.41) is 13.8. The van der Waals surface area contributed by atoms with Gasteiger partial charge in [-0.1, -0.05) is 59.8 Å². The van der Waals surface area contributed by atoms with Crippen molar-refractivity contribution < 1.29 is 9.21 Å². The van der Waals surface area contributed by atoms with Crippen molar-refractivity contribution in [3.63, 3.8) is 0 Å². The van der Waals surface area contributed by atoms with E-state index in [2.05, 4.69) is 20.5 Å². The topological polar surface area (TPSA) is 80.9 Å². The van der Waals surface area contributed by atoms with Gasteiger partial charge in [-0.05, 0) is 29.0 Å². The molecule has 0 fully saturated rings. The van der Waals surface area contributed by atoms with E-state index < -0.39 is 0 Å². The number of hydrogen-bond donors (Lipinski definition) is 1. The predicted octanol–water partition coefficient (Wildman–Crippen LogP) is 4.67. The first-order valence-corrected chi connectivity index (χ1v) is 9.41. The highest BCUT2D eigenvalue weighted by Crippen LogP contribution is 2.29. The average molecular weight is 397 g/mol. The van der Waals surface area contributed by atoms with Crippen LogP contribution in [0, 0.1) is 0 Å². The summed E-state index contributed by atoms with van der Waals surface area (Å²) in [6.07, 6.45) is 1.47. The van der Waals surface area contributed by atoms with E-state index in [9.17, 15) is 4.79 Å². The van der Waals surface area contributed by atoms with Crippen LogP contribution in [-0.2, 0) is 4.79 Å². The molecule has 6 nitrogen and oxygen atoms in total. The lowest BCUT2D eigenvalue weighted by atomic mass is 10.0. The molecule has 0 bridgehead atoms. The fourth-order valence-corrected chi connectivity index (χ4v) is 3.22. The normalized spacial score (nSPS) is 10.9. The molecule has 134 valence electrons. The number of benzene rings is 2. The molecule has 0 unspecified atom stereocenters. The lowest BCUT2D eigenvalue weighted by molar-refractivity contribution is -0.113. The van der Waals surface area contributed by atoms with E-state index >= 15 is 0 Å². The van der Waals surface area contributed by atoms with Gasteiger partial charge in [0.05, 0.1) is 10.8 Å². The molecule has 0 saturated heterocycles. The number of thioether (sulfide) groups is 1. The Kier molecular flexibility index (Phi) is 5.04. The molecule has 1 amide bonds. The predicted molar refractivity (Wildman–Crippen MR) is 106 cm³/mol. The molecule has 1 N–H and O–H groups in total. The van der Waals surface area contributed by atoms with Gasteiger partial charge in [-0.25, -0.2) is 4.98 Å². The Bertz CT molecular complexity index is 1090. The van der Waals surface area contributed by atoms with Crippen LogP contribution in [-0.4, -0.2) is 26.8 Å². The second-order valence-corrected chi connectivity index (χ2v) is 6.96. The van der Waals surface area contributed by atoms with Crippen LogP contribution >= 0.6 is 23.4 Å². The molecule has 2 heterocycles. The Labute approximate surface area is 164 Å². The molecular weight excluding hydrogens is 384 g/mol. The molecule has 0 aliphatic heterocycles. The monoisotopic (exact) mass is 396 g/mol. The number of carbonyl (C=O) groups is 1. The van der Waals surface area contributed by atoms with E-state index in [0.29, 0.717) is 22.0 Å². The number of halogens is 1. The van der Waals surface area contributed by atoms with Gasteiger partial charge in [0, 0.05) is 11.8 Å². The van der Waals surface area contributed by atoms with E-state index in [1.807, 2.05) is 42.5 Å². The Morgan fingerprint density at radius 1 is 1.07 bits per heavy atom. The molecule has 2 aromatic heterocycles. The Morgan fingerprint density at radius 3 is 2.78 bits per heavy atom. The van der Waals surface area contributed by atoms with Crippen LogP contribution in [0.5, 0.6) is 0 Å². The van der Waals surface area contributed by atoms with Crippen molar-refractivity contribution in [2.24, 2.45) is 0 Å². The van der Waals surface area contributed by atoms with Gasteiger partial charge < -0.3 is 9.73 Å². The van der Waals surface area contributed by atoms with Gasteiger partial charge in [0.15, 0.2) is 0 Å². The van der Waals surface area contributed by atoms with Crippen molar-refractivity contribution in [3.05, 3.63) is 65.8 Å². The number of rotatable bonds is 5. The number of nitrogens with one attached hydrogen (secondary N) is 1. The number of pyridine rings is 1. The molecule has 4 aromatic rings. The Hall–Kier alpha value is -2.90. The molecule has 0 saturated carbocycles. The van der Waals surface area contributed by atoms with Gasteiger partial charge >= 0.3 is 0 Å². The molecule has 0 aliphatic carbocycles. The van der Waals surface area contributed by atoms with E-state index in [-0.39, 0.29) is 11.7 Å². The van der Waals surface area contributed by atoms with Crippen molar-refractivity contribution in [2.45, 2.75) is 5.22 Å². The Balaban J connectivity index is 1.43. The van der Waals surface area contributed by atoms with Crippen LogP contribution in [0.1, 0.15) is 0 Å². The summed E-state index contributed by atoms with van der Waals surface area (Å²) in [7, 11) is 0. The quantitative estimate of drug-likeness (QED) is 0.494. The minimum atomic E-state index is -0.222. The van der Waals surface area contributed by atoms with Gasteiger partial charge in [0.25, 0.3) is 5.22 Å². The van der Waals surface area contributed by atoms with E-state index in [1.54, 1.807) is 12.1 Å². The van der Waals surface area contributed by atoms with Crippen molar-refractivity contribution in [1.29, 1.82) is 0 Å². The lowest BCUT2D eigenvalue weighted by Gasteiger charge is -2.03. The lowest BCUT2D eigenvalue weighted by Crippen LogP contribution is -2.14. The molecule has 4 rings (SSSR count). The van der Waals surface area contributed by atoms with Gasteiger partial charge in [0.2, 0.25) is 11.8 Å². The highest BCUT2D eigenvalue weighted by Gasteiger charge is 2.13. The highest BCUT2D eigenvalue weighted by molar-refractivity contribution is 7.99. The van der Waals surface area contributed by atoms with Gasteiger partial charge in [0.1, 0.15) is 5.82 Å². The van der Waals surface area contributed by atoms with E-state index in [4.69, 9.17) is 16.0 Å². The molecule has 0 spiro atoms. The molecular formula is C19H13ClN4O2S. The maximum absolute atomic E-state index is 12.0. The third-order valence-corrected chi connectivity index (χ3v) is 4.79.